The number of anilines is 1. The van der Waals surface area contributed by atoms with Crippen LogP contribution in [0.3, 0.4) is 0 Å². The van der Waals surface area contributed by atoms with Crippen molar-refractivity contribution in [1.29, 1.82) is 0 Å². The highest BCUT2D eigenvalue weighted by Crippen LogP contribution is 2.22. The van der Waals surface area contributed by atoms with E-state index in [1.165, 1.54) is 11.3 Å². The molecule has 0 unspecified atom stereocenters. The number of carbonyl (C=O) groups excluding carboxylic acids is 2. The van der Waals surface area contributed by atoms with Crippen molar-refractivity contribution in [1.82, 2.24) is 15.1 Å². The molecule has 0 bridgehead atoms. The predicted molar refractivity (Wildman–Crippen MR) is 91.3 cm³/mol. The summed E-state index contributed by atoms with van der Waals surface area (Å²) in [5.41, 5.74) is 0. The summed E-state index contributed by atoms with van der Waals surface area (Å²) in [6, 6.07) is 0. The number of rotatable bonds is 6. The summed E-state index contributed by atoms with van der Waals surface area (Å²) >= 11 is 1.46. The Morgan fingerprint density at radius 3 is 2.61 bits per heavy atom. The number of nitrogens with zero attached hydrogens (tertiary/aromatic N) is 3. The second-order valence-electron chi connectivity index (χ2n) is 6.35. The SMILES string of the molecule is CCCCc1nnc(NC(=O)C2CCN(C(=O)C(C)C)CC2)s1. The summed E-state index contributed by atoms with van der Waals surface area (Å²) < 4.78 is 0. The van der Waals surface area contributed by atoms with E-state index >= 15 is 0 Å². The second kappa shape index (κ2) is 8.38. The molecule has 2 heterocycles. The van der Waals surface area contributed by atoms with Crippen LogP contribution in [-0.4, -0.2) is 40.0 Å². The first-order valence-electron chi connectivity index (χ1n) is 8.43. The Bertz CT molecular complexity index is 536. The van der Waals surface area contributed by atoms with Crippen molar-refractivity contribution in [2.45, 2.75) is 52.9 Å². The average Bonchev–Trinajstić information content (AvgIpc) is 2.99. The summed E-state index contributed by atoms with van der Waals surface area (Å²) in [5.74, 6) is 0.144. The minimum absolute atomic E-state index is 0.000151. The molecule has 0 radical (unpaired) electrons. The highest BCUT2D eigenvalue weighted by molar-refractivity contribution is 7.15. The van der Waals surface area contributed by atoms with Crippen LogP contribution in [0, 0.1) is 11.8 Å². The van der Waals surface area contributed by atoms with Gasteiger partial charge in [0.15, 0.2) is 0 Å². The molecule has 1 aliphatic heterocycles. The minimum atomic E-state index is -0.0470. The van der Waals surface area contributed by atoms with Crippen LogP contribution in [-0.2, 0) is 16.0 Å². The van der Waals surface area contributed by atoms with Crippen LogP contribution in [0.25, 0.3) is 0 Å². The lowest BCUT2D eigenvalue weighted by atomic mass is 9.95. The molecule has 1 fully saturated rings. The topological polar surface area (TPSA) is 75.2 Å². The zero-order valence-corrected chi connectivity index (χ0v) is 15.0. The van der Waals surface area contributed by atoms with Gasteiger partial charge in [-0.05, 0) is 19.3 Å². The Morgan fingerprint density at radius 2 is 2.00 bits per heavy atom. The molecule has 0 aromatic carbocycles. The number of amides is 2. The van der Waals surface area contributed by atoms with Gasteiger partial charge in [-0.2, -0.15) is 0 Å². The predicted octanol–water partition coefficient (Wildman–Crippen LogP) is 2.71. The maximum Gasteiger partial charge on any atom is 0.229 e. The molecule has 6 nitrogen and oxygen atoms in total. The standard InChI is InChI=1S/C16H26N4O2S/c1-4-5-6-13-18-19-16(23-13)17-14(21)12-7-9-20(10-8-12)15(22)11(2)3/h11-12H,4-10H2,1-3H3,(H,17,19,21). The van der Waals surface area contributed by atoms with Gasteiger partial charge >= 0.3 is 0 Å². The van der Waals surface area contributed by atoms with Crippen molar-refractivity contribution >= 4 is 28.3 Å². The number of piperidine rings is 1. The maximum absolute atomic E-state index is 12.3. The summed E-state index contributed by atoms with van der Waals surface area (Å²) in [7, 11) is 0. The third-order valence-corrected chi connectivity index (χ3v) is 5.01. The van der Waals surface area contributed by atoms with Gasteiger partial charge in [0, 0.05) is 31.3 Å². The number of carbonyl (C=O) groups is 2. The number of hydrogen-bond donors (Lipinski definition) is 1. The number of hydrogen-bond acceptors (Lipinski definition) is 5. The van der Waals surface area contributed by atoms with Crippen molar-refractivity contribution in [2.24, 2.45) is 11.8 Å². The van der Waals surface area contributed by atoms with Crippen LogP contribution in [0.4, 0.5) is 5.13 Å². The highest BCUT2D eigenvalue weighted by Gasteiger charge is 2.28. The fraction of sp³-hybridized carbons (Fsp3) is 0.750. The smallest absolute Gasteiger partial charge is 0.229 e. The van der Waals surface area contributed by atoms with Crippen LogP contribution in [0.15, 0.2) is 0 Å². The molecule has 0 spiro atoms. The first kappa shape index (κ1) is 17.8. The van der Waals surface area contributed by atoms with Gasteiger partial charge in [0.05, 0.1) is 0 Å². The zero-order valence-electron chi connectivity index (χ0n) is 14.2. The van der Waals surface area contributed by atoms with Gasteiger partial charge in [0.25, 0.3) is 0 Å². The van der Waals surface area contributed by atoms with Crippen molar-refractivity contribution in [2.75, 3.05) is 18.4 Å². The van der Waals surface area contributed by atoms with E-state index in [1.54, 1.807) is 0 Å². The summed E-state index contributed by atoms with van der Waals surface area (Å²) in [4.78, 5) is 26.2. The van der Waals surface area contributed by atoms with Gasteiger partial charge in [-0.1, -0.05) is 38.5 Å². The molecule has 1 aromatic rings. The third kappa shape index (κ3) is 4.99. The van der Waals surface area contributed by atoms with Gasteiger partial charge < -0.3 is 10.2 Å². The van der Waals surface area contributed by atoms with E-state index in [1.807, 2.05) is 18.7 Å². The minimum Gasteiger partial charge on any atom is -0.342 e. The highest BCUT2D eigenvalue weighted by atomic mass is 32.1. The van der Waals surface area contributed by atoms with Gasteiger partial charge in [0.2, 0.25) is 16.9 Å². The molecular weight excluding hydrogens is 312 g/mol. The van der Waals surface area contributed by atoms with Crippen molar-refractivity contribution in [3.8, 4) is 0 Å². The van der Waals surface area contributed by atoms with E-state index in [0.29, 0.717) is 31.1 Å². The lowest BCUT2D eigenvalue weighted by Gasteiger charge is -2.32. The van der Waals surface area contributed by atoms with Gasteiger partial charge in [-0.15, -0.1) is 10.2 Å². The molecule has 2 amide bonds. The van der Waals surface area contributed by atoms with E-state index in [2.05, 4.69) is 22.4 Å². The Labute approximate surface area is 141 Å². The molecule has 7 heteroatoms. The first-order valence-corrected chi connectivity index (χ1v) is 9.25. The van der Waals surface area contributed by atoms with E-state index in [-0.39, 0.29) is 23.7 Å². The van der Waals surface area contributed by atoms with Crippen LogP contribution >= 0.6 is 11.3 Å². The fourth-order valence-corrected chi connectivity index (χ4v) is 3.45. The number of nitrogens with one attached hydrogen (secondary N) is 1. The molecule has 23 heavy (non-hydrogen) atoms. The summed E-state index contributed by atoms with van der Waals surface area (Å²) in [6.07, 6.45) is 4.55. The van der Waals surface area contributed by atoms with E-state index in [4.69, 9.17) is 0 Å². The Hall–Kier alpha value is -1.50. The molecule has 1 saturated heterocycles. The number of likely N-dealkylation sites (tertiary alicyclic amines) is 1. The quantitative estimate of drug-likeness (QED) is 0.865. The molecule has 2 rings (SSSR count). The molecule has 1 aliphatic rings. The molecule has 1 N–H and O–H groups in total. The number of aryl methyl sites for hydroxylation is 1. The second-order valence-corrected chi connectivity index (χ2v) is 7.41. The lowest BCUT2D eigenvalue weighted by molar-refractivity contribution is -0.137. The van der Waals surface area contributed by atoms with Crippen molar-refractivity contribution < 1.29 is 9.59 Å². The Balaban J connectivity index is 1.81. The van der Waals surface area contributed by atoms with Crippen molar-refractivity contribution in [3.63, 3.8) is 0 Å². The fourth-order valence-electron chi connectivity index (χ4n) is 2.67. The summed E-state index contributed by atoms with van der Waals surface area (Å²) in [6.45, 7) is 7.28. The molecule has 128 valence electrons. The molecule has 1 aromatic heterocycles. The average molecular weight is 338 g/mol. The largest absolute Gasteiger partial charge is 0.342 e. The zero-order chi connectivity index (χ0) is 16.8. The van der Waals surface area contributed by atoms with E-state index in [9.17, 15) is 9.59 Å². The normalized spacial score (nSPS) is 15.9. The summed E-state index contributed by atoms with van der Waals surface area (Å²) in [5, 5.41) is 12.6. The monoisotopic (exact) mass is 338 g/mol. The third-order valence-electron chi connectivity index (χ3n) is 4.11. The molecule has 0 aliphatic carbocycles. The van der Waals surface area contributed by atoms with Crippen LogP contribution in [0.2, 0.25) is 0 Å². The van der Waals surface area contributed by atoms with E-state index < -0.39 is 0 Å². The Kier molecular flexibility index (Phi) is 6.50. The Morgan fingerprint density at radius 1 is 1.30 bits per heavy atom. The molecule has 0 atom stereocenters. The van der Waals surface area contributed by atoms with Gasteiger partial charge in [0.1, 0.15) is 5.01 Å². The van der Waals surface area contributed by atoms with Gasteiger partial charge in [-0.25, -0.2) is 0 Å². The van der Waals surface area contributed by atoms with Gasteiger partial charge in [-0.3, -0.25) is 9.59 Å². The number of aromatic nitrogens is 2. The molecular formula is C16H26N4O2S. The van der Waals surface area contributed by atoms with Crippen LogP contribution in [0.1, 0.15) is 51.5 Å². The molecule has 0 saturated carbocycles. The first-order chi connectivity index (χ1) is 11.0. The number of unbranched alkanes of at least 4 members (excludes halogenated alkanes) is 1. The maximum atomic E-state index is 12.3. The van der Waals surface area contributed by atoms with E-state index in [0.717, 1.165) is 24.3 Å². The van der Waals surface area contributed by atoms with Crippen LogP contribution in [0.5, 0.6) is 0 Å². The van der Waals surface area contributed by atoms with Crippen molar-refractivity contribution in [3.05, 3.63) is 5.01 Å². The lowest BCUT2D eigenvalue weighted by Crippen LogP contribution is -2.43. The van der Waals surface area contributed by atoms with Crippen LogP contribution < -0.4 is 5.32 Å².